The molecule has 7 heteroatoms. The van der Waals surface area contributed by atoms with Crippen LogP contribution in [0.4, 0.5) is 5.69 Å². The molecule has 0 bridgehead atoms. The highest BCUT2D eigenvalue weighted by Gasteiger charge is 2.48. The number of esters is 1. The third kappa shape index (κ3) is 4.10. The summed E-state index contributed by atoms with van der Waals surface area (Å²) in [6, 6.07) is 25.2. The molecule has 1 fully saturated rings. The van der Waals surface area contributed by atoms with Gasteiger partial charge in [0.05, 0.1) is 31.4 Å². The van der Waals surface area contributed by atoms with Crippen molar-refractivity contribution in [3.63, 3.8) is 0 Å². The van der Waals surface area contributed by atoms with Gasteiger partial charge in [0.25, 0.3) is 11.7 Å². The SMILES string of the molecule is COC(=O)c1ccc(N2C(=O)C(=O)/C(=C(/O)c3ccc4ccccc4c3)C2c2ccccc2OC)cc1. The summed E-state index contributed by atoms with van der Waals surface area (Å²) in [5.74, 6) is -1.97. The molecule has 4 aromatic rings. The maximum Gasteiger partial charge on any atom is 0.337 e. The van der Waals surface area contributed by atoms with Gasteiger partial charge in [-0.05, 0) is 47.2 Å². The zero-order valence-electron chi connectivity index (χ0n) is 20.2. The summed E-state index contributed by atoms with van der Waals surface area (Å²) in [6.07, 6.45) is 0. The number of aliphatic hydroxyl groups excluding tert-OH is 1. The Hall–Kier alpha value is -4.91. The molecule has 1 N–H and O–H groups in total. The number of methoxy groups -OCH3 is 2. The smallest absolute Gasteiger partial charge is 0.337 e. The number of para-hydroxylation sites is 1. The van der Waals surface area contributed by atoms with Crippen molar-refractivity contribution in [3.8, 4) is 5.75 Å². The second kappa shape index (κ2) is 9.62. The van der Waals surface area contributed by atoms with Crippen LogP contribution < -0.4 is 9.64 Å². The van der Waals surface area contributed by atoms with Gasteiger partial charge in [-0.2, -0.15) is 0 Å². The van der Waals surface area contributed by atoms with Crippen LogP contribution in [0.3, 0.4) is 0 Å². The lowest BCUT2D eigenvalue weighted by molar-refractivity contribution is -0.132. The van der Waals surface area contributed by atoms with Crippen molar-refractivity contribution in [2.45, 2.75) is 6.04 Å². The van der Waals surface area contributed by atoms with E-state index in [1.807, 2.05) is 30.3 Å². The van der Waals surface area contributed by atoms with E-state index in [0.717, 1.165) is 10.8 Å². The van der Waals surface area contributed by atoms with Crippen LogP contribution in [0.15, 0.2) is 96.6 Å². The number of anilines is 1. The summed E-state index contributed by atoms with van der Waals surface area (Å²) in [5.41, 5.74) is 1.57. The van der Waals surface area contributed by atoms with Gasteiger partial charge in [0, 0.05) is 16.8 Å². The Labute approximate surface area is 213 Å². The first-order valence-electron chi connectivity index (χ1n) is 11.6. The van der Waals surface area contributed by atoms with Crippen LogP contribution in [0.5, 0.6) is 5.75 Å². The molecule has 1 saturated heterocycles. The molecule has 0 spiro atoms. The lowest BCUT2D eigenvalue weighted by atomic mass is 9.93. The van der Waals surface area contributed by atoms with Crippen molar-refractivity contribution < 1.29 is 29.0 Å². The highest BCUT2D eigenvalue weighted by Crippen LogP contribution is 2.45. The van der Waals surface area contributed by atoms with Crippen molar-refractivity contribution >= 4 is 39.9 Å². The number of carbonyl (C=O) groups is 3. The van der Waals surface area contributed by atoms with Gasteiger partial charge in [0.15, 0.2) is 0 Å². The van der Waals surface area contributed by atoms with E-state index in [4.69, 9.17) is 9.47 Å². The van der Waals surface area contributed by atoms with Crippen molar-refractivity contribution in [3.05, 3.63) is 113 Å². The third-order valence-electron chi connectivity index (χ3n) is 6.47. The second-order valence-corrected chi connectivity index (χ2v) is 8.51. The molecule has 184 valence electrons. The number of hydrogen-bond donors (Lipinski definition) is 1. The molecule has 5 rings (SSSR count). The maximum absolute atomic E-state index is 13.4. The minimum absolute atomic E-state index is 0.0539. The number of hydrogen-bond acceptors (Lipinski definition) is 6. The topological polar surface area (TPSA) is 93.1 Å². The van der Waals surface area contributed by atoms with Crippen molar-refractivity contribution in [1.29, 1.82) is 0 Å². The Morgan fingerprint density at radius 2 is 1.46 bits per heavy atom. The fraction of sp³-hybridized carbons (Fsp3) is 0.100. The van der Waals surface area contributed by atoms with Crippen LogP contribution in [0, 0.1) is 0 Å². The first-order valence-corrected chi connectivity index (χ1v) is 11.6. The van der Waals surface area contributed by atoms with Crippen molar-refractivity contribution in [2.24, 2.45) is 0 Å². The summed E-state index contributed by atoms with van der Waals surface area (Å²) in [4.78, 5) is 40.1. The first-order chi connectivity index (χ1) is 17.9. The number of rotatable bonds is 5. The van der Waals surface area contributed by atoms with Gasteiger partial charge in [-0.3, -0.25) is 14.5 Å². The Kier molecular flexibility index (Phi) is 6.19. The monoisotopic (exact) mass is 493 g/mol. The number of nitrogens with zero attached hydrogens (tertiary/aromatic N) is 1. The summed E-state index contributed by atoms with van der Waals surface area (Å²) in [6.45, 7) is 0. The highest BCUT2D eigenvalue weighted by atomic mass is 16.5. The minimum atomic E-state index is -0.966. The second-order valence-electron chi connectivity index (χ2n) is 8.51. The number of ketones is 1. The highest BCUT2D eigenvalue weighted by molar-refractivity contribution is 6.51. The van der Waals surface area contributed by atoms with Gasteiger partial charge in [-0.15, -0.1) is 0 Å². The van der Waals surface area contributed by atoms with Gasteiger partial charge < -0.3 is 14.6 Å². The summed E-state index contributed by atoms with van der Waals surface area (Å²) < 4.78 is 10.3. The van der Waals surface area contributed by atoms with E-state index < -0.39 is 23.7 Å². The molecule has 4 aromatic carbocycles. The van der Waals surface area contributed by atoms with Gasteiger partial charge in [0.2, 0.25) is 0 Å². The van der Waals surface area contributed by atoms with Crippen LogP contribution in [-0.2, 0) is 14.3 Å². The molecule has 1 heterocycles. The molecule has 1 aliphatic rings. The van der Waals surface area contributed by atoms with E-state index in [1.54, 1.807) is 48.5 Å². The average molecular weight is 494 g/mol. The van der Waals surface area contributed by atoms with E-state index in [-0.39, 0.29) is 11.3 Å². The van der Waals surface area contributed by atoms with Crippen LogP contribution in [0.2, 0.25) is 0 Å². The van der Waals surface area contributed by atoms with Crippen LogP contribution >= 0.6 is 0 Å². The van der Waals surface area contributed by atoms with E-state index in [1.165, 1.54) is 31.3 Å². The average Bonchev–Trinajstić information content (AvgIpc) is 3.21. The van der Waals surface area contributed by atoms with Crippen LogP contribution in [0.1, 0.15) is 27.5 Å². The summed E-state index contributed by atoms with van der Waals surface area (Å²) in [7, 11) is 2.78. The molecular weight excluding hydrogens is 470 g/mol. The predicted octanol–water partition coefficient (Wildman–Crippen LogP) is 5.26. The summed E-state index contributed by atoms with van der Waals surface area (Å²) >= 11 is 0. The number of Topliss-reactive ketones (excluding diaryl/α,β-unsaturated/α-hetero) is 1. The molecule has 0 radical (unpaired) electrons. The third-order valence-corrected chi connectivity index (χ3v) is 6.47. The van der Waals surface area contributed by atoms with E-state index in [2.05, 4.69) is 0 Å². The van der Waals surface area contributed by atoms with Crippen LogP contribution in [-0.4, -0.2) is 37.0 Å². The molecule has 37 heavy (non-hydrogen) atoms. The quantitative estimate of drug-likeness (QED) is 0.176. The fourth-order valence-electron chi connectivity index (χ4n) is 4.65. The fourth-order valence-corrected chi connectivity index (χ4v) is 4.65. The van der Waals surface area contributed by atoms with Gasteiger partial charge in [-0.1, -0.05) is 54.6 Å². The zero-order valence-corrected chi connectivity index (χ0v) is 20.2. The molecule has 1 aliphatic heterocycles. The van der Waals surface area contributed by atoms with Crippen LogP contribution in [0.25, 0.3) is 16.5 Å². The zero-order chi connectivity index (χ0) is 26.1. The Balaban J connectivity index is 1.71. The van der Waals surface area contributed by atoms with E-state index >= 15 is 0 Å². The number of fused-ring (bicyclic) bond motifs is 1. The lowest BCUT2D eigenvalue weighted by Crippen LogP contribution is -2.29. The van der Waals surface area contributed by atoms with Crippen molar-refractivity contribution in [1.82, 2.24) is 0 Å². The number of aliphatic hydroxyl groups is 1. The minimum Gasteiger partial charge on any atom is -0.507 e. The molecule has 0 aromatic heterocycles. The normalized spacial score (nSPS) is 16.7. The molecule has 1 unspecified atom stereocenters. The van der Waals surface area contributed by atoms with Gasteiger partial charge in [0.1, 0.15) is 11.5 Å². The predicted molar refractivity (Wildman–Crippen MR) is 140 cm³/mol. The van der Waals surface area contributed by atoms with Gasteiger partial charge >= 0.3 is 5.97 Å². The molecule has 0 saturated carbocycles. The summed E-state index contributed by atoms with van der Waals surface area (Å²) in [5, 5.41) is 13.3. The first kappa shape index (κ1) is 23.8. The molecular formula is C30H23NO6. The number of carbonyl (C=O) groups excluding carboxylic acids is 3. The van der Waals surface area contributed by atoms with E-state index in [0.29, 0.717) is 28.1 Å². The lowest BCUT2D eigenvalue weighted by Gasteiger charge is -2.26. The Morgan fingerprint density at radius 3 is 2.16 bits per heavy atom. The standard InChI is InChI=1S/C30H23NO6/c1-36-24-10-6-5-9-23(24)26-25(27(32)21-12-11-18-7-3-4-8-20(18)17-21)28(33)29(34)31(26)22-15-13-19(14-16-22)30(35)37-2/h3-17,26,32H,1-2H3/b27-25+. The Morgan fingerprint density at radius 1 is 0.811 bits per heavy atom. The maximum atomic E-state index is 13.4. The number of amides is 1. The van der Waals surface area contributed by atoms with Gasteiger partial charge in [-0.25, -0.2) is 4.79 Å². The molecule has 1 atom stereocenters. The number of ether oxygens (including phenoxy) is 2. The molecule has 7 nitrogen and oxygen atoms in total. The van der Waals surface area contributed by atoms with Crippen molar-refractivity contribution in [2.75, 3.05) is 19.1 Å². The molecule has 0 aliphatic carbocycles. The number of benzene rings is 4. The largest absolute Gasteiger partial charge is 0.507 e. The Bertz CT molecular complexity index is 1570. The van der Waals surface area contributed by atoms with E-state index in [9.17, 15) is 19.5 Å². The molecule has 1 amide bonds.